The van der Waals surface area contributed by atoms with Gasteiger partial charge in [0.05, 0.1) is 18.5 Å². The van der Waals surface area contributed by atoms with Crippen LogP contribution in [0, 0.1) is 5.82 Å². The van der Waals surface area contributed by atoms with E-state index in [0.717, 1.165) is 6.20 Å². The Morgan fingerprint density at radius 1 is 1.42 bits per heavy atom. The molecule has 0 aliphatic heterocycles. The molecule has 0 unspecified atom stereocenters. The van der Waals surface area contributed by atoms with Gasteiger partial charge in [-0.25, -0.2) is 9.18 Å². The van der Waals surface area contributed by atoms with Crippen LogP contribution in [0.2, 0.25) is 0 Å². The third kappa shape index (κ3) is 2.70. The molecule has 0 amide bonds. The summed E-state index contributed by atoms with van der Waals surface area (Å²) >= 11 is 0. The maximum absolute atomic E-state index is 13.6. The first-order chi connectivity index (χ1) is 9.13. The molecule has 1 aromatic heterocycles. The second-order valence-corrected chi connectivity index (χ2v) is 3.79. The van der Waals surface area contributed by atoms with Crippen LogP contribution in [-0.4, -0.2) is 22.7 Å². The van der Waals surface area contributed by atoms with Gasteiger partial charge < -0.3 is 9.84 Å². The second kappa shape index (κ2) is 5.48. The predicted molar refractivity (Wildman–Crippen MR) is 67.3 cm³/mol. The molecule has 0 bridgehead atoms. The summed E-state index contributed by atoms with van der Waals surface area (Å²) in [6, 6.07) is 7.38. The van der Waals surface area contributed by atoms with Crippen molar-refractivity contribution in [3.05, 3.63) is 47.9 Å². The average Bonchev–Trinajstić information content (AvgIpc) is 2.40. The zero-order valence-electron chi connectivity index (χ0n) is 10.3. The lowest BCUT2D eigenvalue weighted by atomic mass is 10.1. The van der Waals surface area contributed by atoms with Crippen molar-refractivity contribution in [2.75, 3.05) is 6.61 Å². The zero-order chi connectivity index (χ0) is 13.8. The van der Waals surface area contributed by atoms with Crippen molar-refractivity contribution >= 4 is 5.97 Å². The van der Waals surface area contributed by atoms with E-state index in [9.17, 15) is 14.3 Å². The topological polar surface area (TPSA) is 59.4 Å². The van der Waals surface area contributed by atoms with E-state index in [0.29, 0.717) is 0 Å². The van der Waals surface area contributed by atoms with Crippen molar-refractivity contribution in [2.45, 2.75) is 6.92 Å². The van der Waals surface area contributed by atoms with Gasteiger partial charge in [0.2, 0.25) is 0 Å². The lowest BCUT2D eigenvalue weighted by Crippen LogP contribution is -2.05. The van der Waals surface area contributed by atoms with Crippen LogP contribution in [0.4, 0.5) is 4.39 Å². The van der Waals surface area contributed by atoms with Crippen LogP contribution >= 0.6 is 0 Å². The number of esters is 1. The van der Waals surface area contributed by atoms with Crippen molar-refractivity contribution in [1.29, 1.82) is 0 Å². The van der Waals surface area contributed by atoms with Crippen LogP contribution < -0.4 is 0 Å². The standard InChI is InChI=1S/C14H12FNO3/c1-2-19-14(18)10-7-12(16-8-13(10)17)9-5-3-4-6-11(9)15/h3-8,17H,2H2,1H3. The molecule has 1 aromatic carbocycles. The molecular formula is C14H12FNO3. The lowest BCUT2D eigenvalue weighted by Gasteiger charge is -2.07. The minimum Gasteiger partial charge on any atom is -0.505 e. The summed E-state index contributed by atoms with van der Waals surface area (Å²) in [5, 5.41) is 9.59. The SMILES string of the molecule is CCOC(=O)c1cc(-c2ccccc2F)ncc1O. The molecule has 0 saturated carbocycles. The molecule has 1 heterocycles. The number of carbonyl (C=O) groups excluding carboxylic acids is 1. The normalized spacial score (nSPS) is 10.2. The number of hydrogen-bond donors (Lipinski definition) is 1. The first-order valence-corrected chi connectivity index (χ1v) is 5.74. The van der Waals surface area contributed by atoms with Gasteiger partial charge in [0.15, 0.2) is 0 Å². The Morgan fingerprint density at radius 2 is 2.16 bits per heavy atom. The highest BCUT2D eigenvalue weighted by atomic mass is 19.1. The summed E-state index contributed by atoms with van der Waals surface area (Å²) in [4.78, 5) is 15.5. The van der Waals surface area contributed by atoms with Crippen LogP contribution in [0.15, 0.2) is 36.5 Å². The highest BCUT2D eigenvalue weighted by molar-refractivity contribution is 5.93. The molecule has 1 N–H and O–H groups in total. The van der Waals surface area contributed by atoms with E-state index in [1.807, 2.05) is 0 Å². The van der Waals surface area contributed by atoms with Gasteiger partial charge in [-0.15, -0.1) is 0 Å². The van der Waals surface area contributed by atoms with Crippen LogP contribution in [0.1, 0.15) is 17.3 Å². The Bertz CT molecular complexity index is 613. The summed E-state index contributed by atoms with van der Waals surface area (Å²) in [6.45, 7) is 1.85. The highest BCUT2D eigenvalue weighted by Gasteiger charge is 2.15. The molecule has 98 valence electrons. The number of halogens is 1. The number of aromatic hydroxyl groups is 1. The van der Waals surface area contributed by atoms with E-state index < -0.39 is 11.8 Å². The molecule has 0 radical (unpaired) electrons. The fourth-order valence-electron chi connectivity index (χ4n) is 1.64. The molecule has 2 aromatic rings. The Hall–Kier alpha value is -2.43. The number of carbonyl (C=O) groups is 1. The number of pyridine rings is 1. The summed E-state index contributed by atoms with van der Waals surface area (Å²) in [7, 11) is 0. The minimum atomic E-state index is -0.667. The van der Waals surface area contributed by atoms with E-state index in [1.165, 1.54) is 12.1 Å². The van der Waals surface area contributed by atoms with E-state index in [1.54, 1.807) is 25.1 Å². The molecule has 0 saturated heterocycles. The average molecular weight is 261 g/mol. The number of benzene rings is 1. The molecule has 0 aliphatic rings. The summed E-state index contributed by atoms with van der Waals surface area (Å²) < 4.78 is 18.4. The third-order valence-corrected chi connectivity index (χ3v) is 2.53. The summed E-state index contributed by atoms with van der Waals surface area (Å²) in [6.07, 6.45) is 1.11. The van der Waals surface area contributed by atoms with Gasteiger partial charge >= 0.3 is 5.97 Å². The fraction of sp³-hybridized carbons (Fsp3) is 0.143. The van der Waals surface area contributed by atoms with Crippen molar-refractivity contribution in [3.8, 4) is 17.0 Å². The second-order valence-electron chi connectivity index (χ2n) is 3.79. The van der Waals surface area contributed by atoms with Crippen molar-refractivity contribution in [1.82, 2.24) is 4.98 Å². The van der Waals surface area contributed by atoms with Gasteiger partial charge in [-0.2, -0.15) is 0 Å². The van der Waals surface area contributed by atoms with Crippen LogP contribution in [0.3, 0.4) is 0 Å². The molecule has 4 nitrogen and oxygen atoms in total. The molecule has 0 spiro atoms. The van der Waals surface area contributed by atoms with Gasteiger partial charge in [-0.3, -0.25) is 4.98 Å². The Kier molecular flexibility index (Phi) is 3.75. The largest absolute Gasteiger partial charge is 0.505 e. The monoisotopic (exact) mass is 261 g/mol. The van der Waals surface area contributed by atoms with Crippen molar-refractivity contribution in [2.24, 2.45) is 0 Å². The fourth-order valence-corrected chi connectivity index (χ4v) is 1.64. The molecule has 0 aliphatic carbocycles. The maximum Gasteiger partial charge on any atom is 0.342 e. The van der Waals surface area contributed by atoms with E-state index >= 15 is 0 Å². The van der Waals surface area contributed by atoms with E-state index in [-0.39, 0.29) is 29.2 Å². The van der Waals surface area contributed by atoms with Gasteiger partial charge in [0, 0.05) is 5.56 Å². The molecule has 0 fully saturated rings. The lowest BCUT2D eigenvalue weighted by molar-refractivity contribution is 0.0523. The number of rotatable bonds is 3. The molecular weight excluding hydrogens is 249 g/mol. The Labute approximate surface area is 109 Å². The number of hydrogen-bond acceptors (Lipinski definition) is 4. The quantitative estimate of drug-likeness (QED) is 0.863. The smallest absolute Gasteiger partial charge is 0.342 e. The summed E-state index contributed by atoms with van der Waals surface area (Å²) in [5.41, 5.74) is 0.488. The minimum absolute atomic E-state index is 0.0323. The van der Waals surface area contributed by atoms with E-state index in [2.05, 4.69) is 4.98 Å². The highest BCUT2D eigenvalue weighted by Crippen LogP contribution is 2.25. The molecule has 19 heavy (non-hydrogen) atoms. The maximum atomic E-state index is 13.6. The van der Waals surface area contributed by atoms with Crippen LogP contribution in [0.5, 0.6) is 5.75 Å². The van der Waals surface area contributed by atoms with Gasteiger partial charge in [0.25, 0.3) is 0 Å². The third-order valence-electron chi connectivity index (χ3n) is 2.53. The van der Waals surface area contributed by atoms with Crippen LogP contribution in [-0.2, 0) is 4.74 Å². The molecule has 5 heteroatoms. The van der Waals surface area contributed by atoms with Gasteiger partial charge in [0.1, 0.15) is 17.1 Å². The first-order valence-electron chi connectivity index (χ1n) is 5.74. The summed E-state index contributed by atoms with van der Waals surface area (Å²) in [5.74, 6) is -1.41. The zero-order valence-corrected chi connectivity index (χ0v) is 10.3. The number of ether oxygens (including phenoxy) is 1. The first kappa shape index (κ1) is 13.0. The number of nitrogens with zero attached hydrogens (tertiary/aromatic N) is 1. The van der Waals surface area contributed by atoms with Gasteiger partial charge in [-0.05, 0) is 25.1 Å². The Balaban J connectivity index is 2.47. The van der Waals surface area contributed by atoms with Crippen molar-refractivity contribution in [3.63, 3.8) is 0 Å². The molecule has 0 atom stereocenters. The van der Waals surface area contributed by atoms with Gasteiger partial charge in [-0.1, -0.05) is 12.1 Å². The predicted octanol–water partition coefficient (Wildman–Crippen LogP) is 2.77. The van der Waals surface area contributed by atoms with E-state index in [4.69, 9.17) is 4.74 Å². The Morgan fingerprint density at radius 3 is 2.84 bits per heavy atom. The van der Waals surface area contributed by atoms with Crippen molar-refractivity contribution < 1.29 is 19.0 Å². The van der Waals surface area contributed by atoms with Crippen LogP contribution in [0.25, 0.3) is 11.3 Å². The number of aromatic nitrogens is 1. The molecule has 2 rings (SSSR count).